The molecule has 3 rings (SSSR count). The van der Waals surface area contributed by atoms with Gasteiger partial charge in [0.05, 0.1) is 19.6 Å². The second-order valence-electron chi connectivity index (χ2n) is 5.82. The van der Waals surface area contributed by atoms with Gasteiger partial charge in [0.2, 0.25) is 5.91 Å². The highest BCUT2D eigenvalue weighted by Gasteiger charge is 2.29. The predicted molar refractivity (Wildman–Crippen MR) is 91.8 cm³/mol. The highest BCUT2D eigenvalue weighted by Crippen LogP contribution is 2.33. The standard InChI is InChI=1S/C19H20ClNO2/c1-23-17-10-6-15(7-11-17)18-3-2-12-21(18)19(22)13-14-4-8-16(20)9-5-14/h4-11,18H,2-3,12-13H2,1H3/t18-/m1/s1. The van der Waals surface area contributed by atoms with Gasteiger partial charge in [-0.25, -0.2) is 0 Å². The van der Waals surface area contributed by atoms with Crippen LogP contribution in [0.3, 0.4) is 0 Å². The van der Waals surface area contributed by atoms with Gasteiger partial charge in [-0.3, -0.25) is 4.79 Å². The van der Waals surface area contributed by atoms with Gasteiger partial charge >= 0.3 is 0 Å². The zero-order valence-electron chi connectivity index (χ0n) is 13.2. The third-order valence-electron chi connectivity index (χ3n) is 4.34. The van der Waals surface area contributed by atoms with Crippen LogP contribution in [0.4, 0.5) is 0 Å². The molecule has 0 aliphatic carbocycles. The molecule has 1 fully saturated rings. The average Bonchev–Trinajstić information content (AvgIpc) is 3.07. The van der Waals surface area contributed by atoms with Crippen LogP contribution in [0.5, 0.6) is 5.75 Å². The molecule has 0 aromatic heterocycles. The molecule has 1 amide bonds. The van der Waals surface area contributed by atoms with Crippen molar-refractivity contribution in [1.29, 1.82) is 0 Å². The fourth-order valence-corrected chi connectivity index (χ4v) is 3.24. The number of nitrogens with zero attached hydrogens (tertiary/aromatic N) is 1. The average molecular weight is 330 g/mol. The van der Waals surface area contributed by atoms with Crippen LogP contribution in [-0.2, 0) is 11.2 Å². The summed E-state index contributed by atoms with van der Waals surface area (Å²) in [5.41, 5.74) is 2.17. The Balaban J connectivity index is 1.72. The summed E-state index contributed by atoms with van der Waals surface area (Å²) in [6.07, 6.45) is 2.48. The molecule has 0 N–H and O–H groups in total. The van der Waals surface area contributed by atoms with E-state index in [2.05, 4.69) is 12.1 Å². The minimum absolute atomic E-state index is 0.167. The zero-order chi connectivity index (χ0) is 16.2. The minimum atomic E-state index is 0.167. The summed E-state index contributed by atoms with van der Waals surface area (Å²) in [5, 5.41) is 0.693. The van der Waals surface area contributed by atoms with Gasteiger partial charge < -0.3 is 9.64 Å². The van der Waals surface area contributed by atoms with Crippen molar-refractivity contribution >= 4 is 17.5 Å². The molecule has 2 aromatic rings. The van der Waals surface area contributed by atoms with Crippen molar-refractivity contribution in [3.63, 3.8) is 0 Å². The van der Waals surface area contributed by atoms with E-state index in [1.807, 2.05) is 41.3 Å². The number of ether oxygens (including phenoxy) is 1. The van der Waals surface area contributed by atoms with Crippen molar-refractivity contribution in [3.05, 3.63) is 64.7 Å². The molecule has 1 atom stereocenters. The molecule has 0 saturated carbocycles. The Morgan fingerprint density at radius 1 is 1.17 bits per heavy atom. The van der Waals surface area contributed by atoms with Gasteiger partial charge in [0.15, 0.2) is 0 Å². The summed E-state index contributed by atoms with van der Waals surface area (Å²) in [6.45, 7) is 0.823. The normalized spacial score (nSPS) is 17.3. The van der Waals surface area contributed by atoms with Crippen molar-refractivity contribution in [1.82, 2.24) is 4.90 Å². The Bertz CT molecular complexity index is 667. The highest BCUT2D eigenvalue weighted by atomic mass is 35.5. The maximum Gasteiger partial charge on any atom is 0.227 e. The monoisotopic (exact) mass is 329 g/mol. The molecule has 0 unspecified atom stereocenters. The number of hydrogen-bond acceptors (Lipinski definition) is 2. The molecular weight excluding hydrogens is 310 g/mol. The minimum Gasteiger partial charge on any atom is -0.497 e. The van der Waals surface area contributed by atoms with Gasteiger partial charge in [-0.2, -0.15) is 0 Å². The predicted octanol–water partition coefficient (Wildman–Crippen LogP) is 4.25. The lowest BCUT2D eigenvalue weighted by Gasteiger charge is -2.25. The molecule has 0 spiro atoms. The maximum atomic E-state index is 12.7. The van der Waals surface area contributed by atoms with Crippen molar-refractivity contribution in [2.75, 3.05) is 13.7 Å². The van der Waals surface area contributed by atoms with E-state index in [-0.39, 0.29) is 11.9 Å². The first kappa shape index (κ1) is 15.9. The van der Waals surface area contributed by atoms with E-state index in [1.54, 1.807) is 7.11 Å². The quantitative estimate of drug-likeness (QED) is 0.839. The Hall–Kier alpha value is -2.00. The number of carbonyl (C=O) groups excluding carboxylic acids is 1. The Morgan fingerprint density at radius 3 is 2.52 bits per heavy atom. The first-order chi connectivity index (χ1) is 11.2. The molecule has 120 valence electrons. The van der Waals surface area contributed by atoms with Gasteiger partial charge in [0.1, 0.15) is 5.75 Å². The Kier molecular flexibility index (Phi) is 4.87. The van der Waals surface area contributed by atoms with Crippen LogP contribution in [0, 0.1) is 0 Å². The van der Waals surface area contributed by atoms with Gasteiger partial charge in [-0.15, -0.1) is 0 Å². The van der Waals surface area contributed by atoms with E-state index in [9.17, 15) is 4.79 Å². The van der Waals surface area contributed by atoms with Crippen LogP contribution in [0.15, 0.2) is 48.5 Å². The molecule has 23 heavy (non-hydrogen) atoms. The SMILES string of the molecule is COc1ccc([C@H]2CCCN2C(=O)Cc2ccc(Cl)cc2)cc1. The van der Waals surface area contributed by atoms with Gasteiger partial charge in [0.25, 0.3) is 0 Å². The third kappa shape index (κ3) is 3.67. The van der Waals surface area contributed by atoms with Crippen LogP contribution in [0.1, 0.15) is 30.0 Å². The molecule has 1 aliphatic heterocycles. The maximum absolute atomic E-state index is 12.7. The number of likely N-dealkylation sites (tertiary alicyclic amines) is 1. The Labute approximate surface area is 141 Å². The molecule has 0 bridgehead atoms. The molecule has 1 heterocycles. The largest absolute Gasteiger partial charge is 0.497 e. The second-order valence-corrected chi connectivity index (χ2v) is 6.26. The van der Waals surface area contributed by atoms with Gasteiger partial charge in [0, 0.05) is 11.6 Å². The summed E-state index contributed by atoms with van der Waals surface area (Å²) in [4.78, 5) is 14.7. The number of amides is 1. The van der Waals surface area contributed by atoms with E-state index in [1.165, 1.54) is 5.56 Å². The van der Waals surface area contributed by atoms with E-state index in [4.69, 9.17) is 16.3 Å². The molecule has 4 heteroatoms. The number of halogens is 1. The van der Waals surface area contributed by atoms with Crippen LogP contribution in [0.2, 0.25) is 5.02 Å². The summed E-state index contributed by atoms with van der Waals surface area (Å²) >= 11 is 5.90. The van der Waals surface area contributed by atoms with E-state index >= 15 is 0 Å². The molecule has 2 aromatic carbocycles. The Morgan fingerprint density at radius 2 is 1.87 bits per heavy atom. The zero-order valence-corrected chi connectivity index (χ0v) is 13.9. The summed E-state index contributed by atoms with van der Waals surface area (Å²) in [6, 6.07) is 15.7. The van der Waals surface area contributed by atoms with Crippen molar-refractivity contribution in [3.8, 4) is 5.75 Å². The lowest BCUT2D eigenvalue weighted by Crippen LogP contribution is -2.31. The van der Waals surface area contributed by atoms with Crippen LogP contribution >= 0.6 is 11.6 Å². The number of benzene rings is 2. The van der Waals surface area contributed by atoms with Crippen LogP contribution < -0.4 is 4.74 Å². The highest BCUT2D eigenvalue weighted by molar-refractivity contribution is 6.30. The smallest absolute Gasteiger partial charge is 0.227 e. The first-order valence-electron chi connectivity index (χ1n) is 7.85. The second kappa shape index (κ2) is 7.05. The first-order valence-corrected chi connectivity index (χ1v) is 8.23. The lowest BCUT2D eigenvalue weighted by molar-refractivity contribution is -0.131. The molecule has 1 aliphatic rings. The summed E-state index contributed by atoms with van der Waals surface area (Å²) in [7, 11) is 1.66. The van der Waals surface area contributed by atoms with E-state index in [0.717, 1.165) is 30.7 Å². The van der Waals surface area contributed by atoms with Crippen molar-refractivity contribution in [2.24, 2.45) is 0 Å². The molecular formula is C19H20ClNO2. The van der Waals surface area contributed by atoms with Crippen LogP contribution in [-0.4, -0.2) is 24.5 Å². The van der Waals surface area contributed by atoms with E-state index in [0.29, 0.717) is 11.4 Å². The van der Waals surface area contributed by atoms with Gasteiger partial charge in [-0.05, 0) is 48.2 Å². The number of carbonyl (C=O) groups is 1. The fraction of sp³-hybridized carbons (Fsp3) is 0.316. The van der Waals surface area contributed by atoms with Gasteiger partial charge in [-0.1, -0.05) is 35.9 Å². The lowest BCUT2D eigenvalue weighted by atomic mass is 10.0. The number of hydrogen-bond donors (Lipinski definition) is 0. The number of rotatable bonds is 4. The van der Waals surface area contributed by atoms with Crippen molar-refractivity contribution < 1.29 is 9.53 Å². The molecule has 1 saturated heterocycles. The van der Waals surface area contributed by atoms with E-state index < -0.39 is 0 Å². The fourth-order valence-electron chi connectivity index (χ4n) is 3.12. The van der Waals surface area contributed by atoms with Crippen LogP contribution in [0.25, 0.3) is 0 Å². The molecule has 0 radical (unpaired) electrons. The van der Waals surface area contributed by atoms with Crippen molar-refractivity contribution in [2.45, 2.75) is 25.3 Å². The molecule has 3 nitrogen and oxygen atoms in total. The number of methoxy groups -OCH3 is 1. The summed E-state index contributed by atoms with van der Waals surface area (Å²) < 4.78 is 5.20. The summed E-state index contributed by atoms with van der Waals surface area (Å²) in [5.74, 6) is 1.01. The third-order valence-corrected chi connectivity index (χ3v) is 4.59. The topological polar surface area (TPSA) is 29.5 Å².